The SMILES string of the molecule is O=[N+]([O-])c1cc(CNCCC2CCCCO2)ccc1Br. The lowest BCUT2D eigenvalue weighted by Gasteiger charge is -2.22. The summed E-state index contributed by atoms with van der Waals surface area (Å²) in [7, 11) is 0. The van der Waals surface area contributed by atoms with Gasteiger partial charge in [0.15, 0.2) is 0 Å². The van der Waals surface area contributed by atoms with Crippen molar-refractivity contribution in [2.75, 3.05) is 13.2 Å². The predicted octanol–water partition coefficient (Wildman–Crippen LogP) is 3.41. The van der Waals surface area contributed by atoms with Crippen molar-refractivity contribution < 1.29 is 9.66 Å². The molecule has 1 aliphatic rings. The molecule has 1 aromatic rings. The third-order valence-electron chi connectivity index (χ3n) is 3.45. The lowest BCUT2D eigenvalue weighted by atomic mass is 10.1. The molecule has 110 valence electrons. The van der Waals surface area contributed by atoms with E-state index >= 15 is 0 Å². The van der Waals surface area contributed by atoms with Crippen LogP contribution in [0.5, 0.6) is 0 Å². The summed E-state index contributed by atoms with van der Waals surface area (Å²) in [5.41, 5.74) is 1.03. The Hall–Kier alpha value is -0.980. The number of nitro benzene ring substituents is 1. The molecule has 2 rings (SSSR count). The molecule has 1 N–H and O–H groups in total. The third-order valence-corrected chi connectivity index (χ3v) is 4.12. The molecule has 1 heterocycles. The van der Waals surface area contributed by atoms with Crippen molar-refractivity contribution in [1.82, 2.24) is 5.32 Å². The Morgan fingerprint density at radius 2 is 2.30 bits per heavy atom. The monoisotopic (exact) mass is 342 g/mol. The fourth-order valence-corrected chi connectivity index (χ4v) is 2.73. The quantitative estimate of drug-likeness (QED) is 0.488. The van der Waals surface area contributed by atoms with Crippen LogP contribution in [0.3, 0.4) is 0 Å². The van der Waals surface area contributed by atoms with Gasteiger partial charge in [-0.15, -0.1) is 0 Å². The molecule has 1 aliphatic heterocycles. The summed E-state index contributed by atoms with van der Waals surface area (Å²) in [6, 6.07) is 5.22. The third kappa shape index (κ3) is 4.54. The van der Waals surface area contributed by atoms with Gasteiger partial charge < -0.3 is 10.1 Å². The van der Waals surface area contributed by atoms with Gasteiger partial charge in [-0.1, -0.05) is 6.07 Å². The van der Waals surface area contributed by atoms with Gasteiger partial charge in [0.25, 0.3) is 5.69 Å². The zero-order valence-corrected chi connectivity index (χ0v) is 12.9. The summed E-state index contributed by atoms with van der Waals surface area (Å²) in [4.78, 5) is 10.5. The van der Waals surface area contributed by atoms with Crippen LogP contribution in [0, 0.1) is 10.1 Å². The molecule has 1 saturated heterocycles. The summed E-state index contributed by atoms with van der Waals surface area (Å²) in [5.74, 6) is 0. The highest BCUT2D eigenvalue weighted by Crippen LogP contribution is 2.25. The van der Waals surface area contributed by atoms with E-state index in [0.29, 0.717) is 17.1 Å². The number of hydrogen-bond donors (Lipinski definition) is 1. The lowest BCUT2D eigenvalue weighted by Crippen LogP contribution is -2.25. The van der Waals surface area contributed by atoms with Gasteiger partial charge in [-0.05, 0) is 59.8 Å². The minimum atomic E-state index is -0.372. The van der Waals surface area contributed by atoms with Crippen LogP contribution >= 0.6 is 15.9 Å². The van der Waals surface area contributed by atoms with E-state index in [4.69, 9.17) is 4.74 Å². The Kier molecular flexibility index (Phi) is 5.94. The maximum absolute atomic E-state index is 10.8. The number of hydrogen-bond acceptors (Lipinski definition) is 4. The lowest BCUT2D eigenvalue weighted by molar-refractivity contribution is -0.385. The molecule has 0 aromatic heterocycles. The van der Waals surface area contributed by atoms with Crippen molar-refractivity contribution >= 4 is 21.6 Å². The molecule has 0 bridgehead atoms. The van der Waals surface area contributed by atoms with Crippen LogP contribution in [0.4, 0.5) is 5.69 Å². The van der Waals surface area contributed by atoms with Crippen LogP contribution in [-0.2, 0) is 11.3 Å². The summed E-state index contributed by atoms with van der Waals surface area (Å²) < 4.78 is 6.18. The van der Waals surface area contributed by atoms with Gasteiger partial charge in [-0.3, -0.25) is 10.1 Å². The van der Waals surface area contributed by atoms with Gasteiger partial charge in [0.05, 0.1) is 15.5 Å². The van der Waals surface area contributed by atoms with Crippen molar-refractivity contribution in [1.29, 1.82) is 0 Å². The molecule has 0 radical (unpaired) electrons. The number of ether oxygens (including phenoxy) is 1. The number of nitrogens with one attached hydrogen (secondary N) is 1. The Labute approximate surface area is 127 Å². The highest BCUT2D eigenvalue weighted by atomic mass is 79.9. The first-order valence-corrected chi connectivity index (χ1v) is 7.71. The minimum Gasteiger partial charge on any atom is -0.378 e. The fourth-order valence-electron chi connectivity index (χ4n) is 2.34. The first-order chi connectivity index (χ1) is 9.66. The van der Waals surface area contributed by atoms with E-state index in [1.165, 1.54) is 12.8 Å². The zero-order valence-electron chi connectivity index (χ0n) is 11.3. The second-order valence-electron chi connectivity index (χ2n) is 5.00. The molecule has 1 fully saturated rings. The van der Waals surface area contributed by atoms with E-state index in [1.54, 1.807) is 12.1 Å². The van der Waals surface area contributed by atoms with Crippen LogP contribution in [0.15, 0.2) is 22.7 Å². The summed E-state index contributed by atoms with van der Waals surface area (Å²) in [6.07, 6.45) is 4.94. The van der Waals surface area contributed by atoms with Gasteiger partial charge in [0, 0.05) is 19.2 Å². The van der Waals surface area contributed by atoms with E-state index in [0.717, 1.165) is 31.6 Å². The van der Waals surface area contributed by atoms with Gasteiger partial charge in [-0.2, -0.15) is 0 Å². The molecule has 20 heavy (non-hydrogen) atoms. The number of halogens is 1. The molecule has 0 spiro atoms. The number of nitrogens with zero attached hydrogens (tertiary/aromatic N) is 1. The fraction of sp³-hybridized carbons (Fsp3) is 0.571. The van der Waals surface area contributed by atoms with Crippen LogP contribution in [-0.4, -0.2) is 24.2 Å². The zero-order chi connectivity index (χ0) is 14.4. The Balaban J connectivity index is 1.76. The van der Waals surface area contributed by atoms with E-state index in [2.05, 4.69) is 21.2 Å². The molecule has 0 saturated carbocycles. The van der Waals surface area contributed by atoms with Crippen molar-refractivity contribution in [3.63, 3.8) is 0 Å². The summed E-state index contributed by atoms with van der Waals surface area (Å²) >= 11 is 3.19. The van der Waals surface area contributed by atoms with Gasteiger partial charge in [-0.25, -0.2) is 0 Å². The van der Waals surface area contributed by atoms with Gasteiger partial charge in [0.2, 0.25) is 0 Å². The smallest absolute Gasteiger partial charge is 0.283 e. The molecular formula is C14H19BrN2O3. The highest BCUT2D eigenvalue weighted by molar-refractivity contribution is 9.10. The first-order valence-electron chi connectivity index (χ1n) is 6.92. The minimum absolute atomic E-state index is 0.111. The molecule has 0 aliphatic carbocycles. The van der Waals surface area contributed by atoms with E-state index in [1.807, 2.05) is 6.07 Å². The predicted molar refractivity (Wildman–Crippen MR) is 80.7 cm³/mol. The van der Waals surface area contributed by atoms with Crippen molar-refractivity contribution in [2.45, 2.75) is 38.3 Å². The molecule has 1 unspecified atom stereocenters. The van der Waals surface area contributed by atoms with Crippen molar-refractivity contribution in [3.8, 4) is 0 Å². The van der Waals surface area contributed by atoms with Crippen LogP contribution < -0.4 is 5.32 Å². The Bertz CT molecular complexity index is 462. The number of benzene rings is 1. The molecular weight excluding hydrogens is 324 g/mol. The van der Waals surface area contributed by atoms with Crippen LogP contribution in [0.25, 0.3) is 0 Å². The average Bonchev–Trinajstić information content (AvgIpc) is 2.46. The van der Waals surface area contributed by atoms with E-state index < -0.39 is 0 Å². The summed E-state index contributed by atoms with van der Waals surface area (Å²) in [6.45, 7) is 2.39. The Morgan fingerprint density at radius 1 is 1.45 bits per heavy atom. The van der Waals surface area contributed by atoms with E-state index in [-0.39, 0.29) is 10.6 Å². The molecule has 0 amide bonds. The van der Waals surface area contributed by atoms with Gasteiger partial charge in [0.1, 0.15) is 0 Å². The molecule has 1 aromatic carbocycles. The Morgan fingerprint density at radius 3 is 3.00 bits per heavy atom. The van der Waals surface area contributed by atoms with Crippen molar-refractivity contribution in [3.05, 3.63) is 38.3 Å². The maximum Gasteiger partial charge on any atom is 0.283 e. The summed E-state index contributed by atoms with van der Waals surface area (Å²) in [5, 5.41) is 14.2. The second-order valence-corrected chi connectivity index (χ2v) is 5.85. The molecule has 5 nitrogen and oxygen atoms in total. The van der Waals surface area contributed by atoms with E-state index in [9.17, 15) is 10.1 Å². The normalized spacial score (nSPS) is 18.9. The second kappa shape index (κ2) is 7.71. The van der Waals surface area contributed by atoms with Crippen LogP contribution in [0.1, 0.15) is 31.2 Å². The largest absolute Gasteiger partial charge is 0.378 e. The average molecular weight is 343 g/mol. The van der Waals surface area contributed by atoms with Crippen LogP contribution in [0.2, 0.25) is 0 Å². The first kappa shape index (κ1) is 15.4. The molecule has 6 heteroatoms. The number of nitro groups is 1. The van der Waals surface area contributed by atoms with Gasteiger partial charge >= 0.3 is 0 Å². The molecule has 1 atom stereocenters. The number of rotatable bonds is 6. The topological polar surface area (TPSA) is 64.4 Å². The van der Waals surface area contributed by atoms with Crippen molar-refractivity contribution in [2.24, 2.45) is 0 Å². The maximum atomic E-state index is 10.8. The highest BCUT2D eigenvalue weighted by Gasteiger charge is 2.14. The standard InChI is InChI=1S/C14H19BrN2O3/c15-13-5-4-11(9-14(13)17(18)19)10-16-7-6-12-3-1-2-8-20-12/h4-5,9,12,16H,1-3,6-8,10H2.